The van der Waals surface area contributed by atoms with Gasteiger partial charge in [-0.3, -0.25) is 4.79 Å². The lowest BCUT2D eigenvalue weighted by Gasteiger charge is -2.20. The van der Waals surface area contributed by atoms with E-state index in [0.717, 1.165) is 6.07 Å². The first kappa shape index (κ1) is 13.6. The van der Waals surface area contributed by atoms with Gasteiger partial charge in [0.15, 0.2) is 0 Å². The summed E-state index contributed by atoms with van der Waals surface area (Å²) in [6.07, 6.45) is 0. The molecule has 0 saturated heterocycles. The maximum Gasteiger partial charge on any atom is 0.254 e. The predicted molar refractivity (Wildman–Crippen MR) is 61.2 cm³/mol. The molecule has 94 valence electrons. The quantitative estimate of drug-likeness (QED) is 0.792. The number of nitrogens with zero attached hydrogens (tertiary/aromatic N) is 1. The molecule has 5 heteroatoms. The third-order valence-corrected chi connectivity index (χ3v) is 2.32. The van der Waals surface area contributed by atoms with Gasteiger partial charge in [0.1, 0.15) is 5.82 Å². The molecule has 17 heavy (non-hydrogen) atoms. The van der Waals surface area contributed by atoms with E-state index in [9.17, 15) is 9.18 Å². The van der Waals surface area contributed by atoms with Crippen LogP contribution < -0.4 is 0 Å². The first-order chi connectivity index (χ1) is 8.08. The summed E-state index contributed by atoms with van der Waals surface area (Å²) in [7, 11) is 0. The Kier molecular flexibility index (Phi) is 5.06. The average molecular weight is 241 g/mol. The SMILES string of the molecule is Cc1cc(F)cc(C(=O)N(CCO)CCO)c1. The molecule has 0 atom stereocenters. The molecule has 4 nitrogen and oxygen atoms in total. The third kappa shape index (κ3) is 3.80. The molecule has 0 fully saturated rings. The maximum absolute atomic E-state index is 13.2. The highest BCUT2D eigenvalue weighted by molar-refractivity contribution is 5.94. The second kappa shape index (κ2) is 6.32. The predicted octanol–water partition coefficient (Wildman–Crippen LogP) is 0.561. The van der Waals surface area contributed by atoms with E-state index in [-0.39, 0.29) is 31.9 Å². The molecule has 0 aliphatic carbocycles. The molecule has 0 aliphatic heterocycles. The molecule has 0 bridgehead atoms. The Bertz CT molecular complexity index is 369. The summed E-state index contributed by atoms with van der Waals surface area (Å²) in [4.78, 5) is 13.3. The van der Waals surface area contributed by atoms with E-state index in [1.54, 1.807) is 13.0 Å². The number of rotatable bonds is 5. The number of aliphatic hydroxyl groups excluding tert-OH is 2. The van der Waals surface area contributed by atoms with E-state index in [1.165, 1.54) is 11.0 Å². The minimum Gasteiger partial charge on any atom is -0.395 e. The molecule has 0 saturated carbocycles. The smallest absolute Gasteiger partial charge is 0.254 e. The van der Waals surface area contributed by atoms with Crippen LogP contribution >= 0.6 is 0 Å². The number of aliphatic hydroxyl groups is 2. The van der Waals surface area contributed by atoms with Gasteiger partial charge in [-0.1, -0.05) is 0 Å². The fourth-order valence-electron chi connectivity index (χ4n) is 1.60. The molecule has 0 aromatic heterocycles. The van der Waals surface area contributed by atoms with Crippen molar-refractivity contribution in [3.63, 3.8) is 0 Å². The molecule has 0 aliphatic rings. The molecule has 1 aromatic rings. The lowest BCUT2D eigenvalue weighted by molar-refractivity contribution is 0.0684. The maximum atomic E-state index is 13.2. The third-order valence-electron chi connectivity index (χ3n) is 2.32. The zero-order chi connectivity index (χ0) is 12.8. The second-order valence-corrected chi connectivity index (χ2v) is 3.76. The van der Waals surface area contributed by atoms with Crippen LogP contribution in [0, 0.1) is 12.7 Å². The number of amides is 1. The fourth-order valence-corrected chi connectivity index (χ4v) is 1.60. The van der Waals surface area contributed by atoms with E-state index >= 15 is 0 Å². The summed E-state index contributed by atoms with van der Waals surface area (Å²) < 4.78 is 13.2. The van der Waals surface area contributed by atoms with E-state index in [2.05, 4.69) is 0 Å². The van der Waals surface area contributed by atoms with Gasteiger partial charge in [0.25, 0.3) is 5.91 Å². The molecule has 0 unspecified atom stereocenters. The summed E-state index contributed by atoms with van der Waals surface area (Å²) in [6.45, 7) is 1.55. The zero-order valence-electron chi connectivity index (χ0n) is 9.69. The molecule has 1 rings (SSSR count). The zero-order valence-corrected chi connectivity index (χ0v) is 9.69. The van der Waals surface area contributed by atoms with Crippen molar-refractivity contribution in [2.75, 3.05) is 26.3 Å². The summed E-state index contributed by atoms with van der Waals surface area (Å²) in [5.74, 6) is -0.864. The molecule has 2 N–H and O–H groups in total. The van der Waals surface area contributed by atoms with Crippen LogP contribution in [0.15, 0.2) is 18.2 Å². The molecule has 0 heterocycles. The normalized spacial score (nSPS) is 10.4. The Morgan fingerprint density at radius 2 is 1.82 bits per heavy atom. The van der Waals surface area contributed by atoms with Crippen molar-refractivity contribution >= 4 is 5.91 Å². The Labute approximate surface area is 99.3 Å². The summed E-state index contributed by atoms with van der Waals surface area (Å²) in [5, 5.41) is 17.6. The summed E-state index contributed by atoms with van der Waals surface area (Å²) in [5.41, 5.74) is 0.880. The molecular formula is C12H16FNO3. The summed E-state index contributed by atoms with van der Waals surface area (Å²) in [6, 6.07) is 4.06. The monoisotopic (exact) mass is 241 g/mol. The van der Waals surface area contributed by atoms with Crippen molar-refractivity contribution in [3.05, 3.63) is 35.1 Å². The van der Waals surface area contributed by atoms with Gasteiger partial charge in [0.2, 0.25) is 0 Å². The van der Waals surface area contributed by atoms with Gasteiger partial charge in [0, 0.05) is 18.7 Å². The van der Waals surface area contributed by atoms with Crippen molar-refractivity contribution in [1.29, 1.82) is 0 Å². The Hall–Kier alpha value is -1.46. The van der Waals surface area contributed by atoms with E-state index in [0.29, 0.717) is 5.56 Å². The number of carbonyl (C=O) groups is 1. The second-order valence-electron chi connectivity index (χ2n) is 3.76. The van der Waals surface area contributed by atoms with Crippen molar-refractivity contribution < 1.29 is 19.4 Å². The van der Waals surface area contributed by atoms with E-state index < -0.39 is 11.7 Å². The van der Waals surface area contributed by atoms with Gasteiger partial charge in [0.05, 0.1) is 13.2 Å². The number of benzene rings is 1. The highest BCUT2D eigenvalue weighted by Crippen LogP contribution is 2.11. The number of aryl methyl sites for hydroxylation is 1. The standard InChI is InChI=1S/C12H16FNO3/c1-9-6-10(8-11(13)7-9)12(17)14(2-4-15)3-5-16/h6-8,15-16H,2-5H2,1H3. The molecule has 0 radical (unpaired) electrons. The van der Waals surface area contributed by atoms with Crippen LogP contribution in [0.25, 0.3) is 0 Å². The first-order valence-electron chi connectivity index (χ1n) is 5.36. The number of hydrogen-bond acceptors (Lipinski definition) is 3. The number of hydrogen-bond donors (Lipinski definition) is 2. The van der Waals surface area contributed by atoms with Gasteiger partial charge in [-0.05, 0) is 30.7 Å². The van der Waals surface area contributed by atoms with Gasteiger partial charge in [-0.2, -0.15) is 0 Å². The minimum atomic E-state index is -0.471. The van der Waals surface area contributed by atoms with Crippen molar-refractivity contribution in [2.45, 2.75) is 6.92 Å². The highest BCUT2D eigenvalue weighted by atomic mass is 19.1. The minimum absolute atomic E-state index is 0.120. The van der Waals surface area contributed by atoms with Crippen molar-refractivity contribution in [2.24, 2.45) is 0 Å². The average Bonchev–Trinajstić information content (AvgIpc) is 2.26. The van der Waals surface area contributed by atoms with Crippen molar-refractivity contribution in [3.8, 4) is 0 Å². The first-order valence-corrected chi connectivity index (χ1v) is 5.36. The molecule has 1 amide bonds. The molecular weight excluding hydrogens is 225 g/mol. The Morgan fingerprint density at radius 3 is 2.29 bits per heavy atom. The lowest BCUT2D eigenvalue weighted by atomic mass is 10.1. The van der Waals surface area contributed by atoms with Crippen LogP contribution in [0.1, 0.15) is 15.9 Å². The van der Waals surface area contributed by atoms with Gasteiger partial charge in [-0.15, -0.1) is 0 Å². The Morgan fingerprint density at radius 1 is 1.24 bits per heavy atom. The van der Waals surface area contributed by atoms with Crippen molar-refractivity contribution in [1.82, 2.24) is 4.90 Å². The topological polar surface area (TPSA) is 60.8 Å². The fraction of sp³-hybridized carbons (Fsp3) is 0.417. The van der Waals surface area contributed by atoms with E-state index in [4.69, 9.17) is 10.2 Å². The van der Waals surface area contributed by atoms with E-state index in [1.807, 2.05) is 0 Å². The summed E-state index contributed by atoms with van der Waals surface area (Å²) >= 11 is 0. The Balaban J connectivity index is 2.92. The van der Waals surface area contributed by atoms with Gasteiger partial charge >= 0.3 is 0 Å². The number of carbonyl (C=O) groups excluding carboxylic acids is 1. The van der Waals surface area contributed by atoms with Gasteiger partial charge < -0.3 is 15.1 Å². The largest absolute Gasteiger partial charge is 0.395 e. The lowest BCUT2D eigenvalue weighted by Crippen LogP contribution is -2.35. The molecule has 0 spiro atoms. The van der Waals surface area contributed by atoms with Crippen LogP contribution in [0.4, 0.5) is 4.39 Å². The van der Waals surface area contributed by atoms with Gasteiger partial charge in [-0.25, -0.2) is 4.39 Å². The van der Waals surface area contributed by atoms with Crippen LogP contribution in [0.2, 0.25) is 0 Å². The highest BCUT2D eigenvalue weighted by Gasteiger charge is 2.15. The van der Waals surface area contributed by atoms with Crippen LogP contribution in [-0.2, 0) is 0 Å². The van der Waals surface area contributed by atoms with Crippen LogP contribution in [-0.4, -0.2) is 47.3 Å². The van der Waals surface area contributed by atoms with Crippen LogP contribution in [0.3, 0.4) is 0 Å². The molecule has 1 aromatic carbocycles. The number of halogens is 1. The van der Waals surface area contributed by atoms with Crippen LogP contribution in [0.5, 0.6) is 0 Å².